The predicted octanol–water partition coefficient (Wildman–Crippen LogP) is 2.94. The Morgan fingerprint density at radius 2 is 2.31 bits per heavy atom. The van der Waals surface area contributed by atoms with Gasteiger partial charge in [-0.1, -0.05) is 22.9 Å². The smallest absolute Gasteiger partial charge is 0.187 e. The van der Waals surface area contributed by atoms with Gasteiger partial charge < -0.3 is 4.90 Å². The lowest BCUT2D eigenvalue weighted by atomic mass is 10.2. The van der Waals surface area contributed by atoms with Gasteiger partial charge in [0.05, 0.1) is 0 Å². The highest BCUT2D eigenvalue weighted by atomic mass is 35.5. The van der Waals surface area contributed by atoms with Crippen LogP contribution in [0.2, 0.25) is 5.15 Å². The fraction of sp³-hybridized carbons (Fsp3) is 0.600. The van der Waals surface area contributed by atoms with E-state index in [9.17, 15) is 4.79 Å². The number of anilines is 1. The molecule has 16 heavy (non-hydrogen) atoms. The van der Waals surface area contributed by atoms with Crippen molar-refractivity contribution < 1.29 is 4.79 Å². The zero-order chi connectivity index (χ0) is 11.8. The Hall–Kier alpha value is -0.260. The molecule has 1 fully saturated rings. The molecule has 0 bridgehead atoms. The van der Waals surface area contributed by atoms with Gasteiger partial charge in [0.15, 0.2) is 16.6 Å². The molecule has 0 N–H and O–H groups in total. The SMILES string of the molecule is CC1(C)CN(c2nc(Cl)c(C=O)s2)CCS1. The van der Waals surface area contributed by atoms with Crippen LogP contribution in [-0.2, 0) is 0 Å². The van der Waals surface area contributed by atoms with E-state index in [4.69, 9.17) is 11.6 Å². The Morgan fingerprint density at radius 3 is 2.88 bits per heavy atom. The van der Waals surface area contributed by atoms with Gasteiger partial charge in [-0.25, -0.2) is 4.98 Å². The van der Waals surface area contributed by atoms with Gasteiger partial charge in [-0.2, -0.15) is 11.8 Å². The molecule has 0 radical (unpaired) electrons. The molecule has 6 heteroatoms. The summed E-state index contributed by atoms with van der Waals surface area (Å²) in [6.07, 6.45) is 0.771. The lowest BCUT2D eigenvalue weighted by Crippen LogP contribution is -2.43. The number of carbonyl (C=O) groups excluding carboxylic acids is 1. The molecular formula is C10H13ClN2OS2. The van der Waals surface area contributed by atoms with Crippen LogP contribution in [0.4, 0.5) is 5.13 Å². The molecule has 0 unspecified atom stereocenters. The molecule has 0 saturated carbocycles. The van der Waals surface area contributed by atoms with E-state index >= 15 is 0 Å². The second kappa shape index (κ2) is 4.55. The third-order valence-electron chi connectivity index (χ3n) is 2.40. The minimum atomic E-state index is 0.234. The largest absolute Gasteiger partial charge is 0.346 e. The molecular weight excluding hydrogens is 264 g/mol. The van der Waals surface area contributed by atoms with Gasteiger partial charge in [-0.3, -0.25) is 4.79 Å². The Morgan fingerprint density at radius 1 is 1.56 bits per heavy atom. The summed E-state index contributed by atoms with van der Waals surface area (Å²) in [4.78, 5) is 17.7. The first-order chi connectivity index (χ1) is 7.52. The lowest BCUT2D eigenvalue weighted by Gasteiger charge is -2.37. The van der Waals surface area contributed by atoms with Crippen molar-refractivity contribution >= 4 is 46.1 Å². The summed E-state index contributed by atoms with van der Waals surface area (Å²) < 4.78 is 0.234. The van der Waals surface area contributed by atoms with Crippen LogP contribution < -0.4 is 4.90 Å². The van der Waals surface area contributed by atoms with Crippen molar-refractivity contribution in [1.82, 2.24) is 4.98 Å². The van der Waals surface area contributed by atoms with Gasteiger partial charge in [-0.15, -0.1) is 0 Å². The van der Waals surface area contributed by atoms with Crippen LogP contribution in [0.1, 0.15) is 23.5 Å². The average Bonchev–Trinajstić information content (AvgIpc) is 2.58. The summed E-state index contributed by atoms with van der Waals surface area (Å²) >= 11 is 9.21. The van der Waals surface area contributed by atoms with Crippen LogP contribution in [0.3, 0.4) is 0 Å². The second-order valence-corrected chi connectivity index (χ2v) is 7.47. The summed E-state index contributed by atoms with van der Waals surface area (Å²) in [6.45, 7) is 6.36. The van der Waals surface area contributed by atoms with Crippen LogP contribution in [0.25, 0.3) is 0 Å². The maximum Gasteiger partial charge on any atom is 0.187 e. The third kappa shape index (κ3) is 2.52. The third-order valence-corrected chi connectivity index (χ3v) is 5.14. The highest BCUT2D eigenvalue weighted by molar-refractivity contribution is 8.00. The van der Waals surface area contributed by atoms with Gasteiger partial charge in [0, 0.05) is 23.6 Å². The van der Waals surface area contributed by atoms with Crippen molar-refractivity contribution in [3.8, 4) is 0 Å². The number of hydrogen-bond donors (Lipinski definition) is 0. The molecule has 88 valence electrons. The van der Waals surface area contributed by atoms with Gasteiger partial charge in [0.25, 0.3) is 0 Å². The van der Waals surface area contributed by atoms with Crippen LogP contribution in [0, 0.1) is 0 Å². The standard InChI is InChI=1S/C10H13ClN2OS2/c1-10(2)6-13(3-4-15-10)9-12-8(11)7(5-14)16-9/h5H,3-4,6H2,1-2H3. The molecule has 1 aliphatic heterocycles. The molecule has 0 spiro atoms. The molecule has 0 aromatic carbocycles. The Kier molecular flexibility index (Phi) is 3.47. The second-order valence-electron chi connectivity index (χ2n) is 4.30. The van der Waals surface area contributed by atoms with E-state index < -0.39 is 0 Å². The zero-order valence-corrected chi connectivity index (χ0v) is 11.6. The minimum absolute atomic E-state index is 0.234. The fourth-order valence-electron chi connectivity index (χ4n) is 1.69. The van der Waals surface area contributed by atoms with E-state index in [1.165, 1.54) is 11.3 Å². The topological polar surface area (TPSA) is 33.2 Å². The van der Waals surface area contributed by atoms with Gasteiger partial charge in [0.1, 0.15) is 4.88 Å². The number of halogens is 1. The van der Waals surface area contributed by atoms with E-state index in [1.54, 1.807) is 0 Å². The Bertz CT molecular complexity index is 406. The van der Waals surface area contributed by atoms with E-state index in [2.05, 4.69) is 23.7 Å². The summed E-state index contributed by atoms with van der Waals surface area (Å²) in [5, 5.41) is 1.19. The number of nitrogens with zero attached hydrogens (tertiary/aromatic N) is 2. The first kappa shape index (κ1) is 12.2. The maximum atomic E-state index is 10.7. The molecule has 3 nitrogen and oxygen atoms in total. The number of aldehydes is 1. The van der Waals surface area contributed by atoms with E-state index in [0.29, 0.717) is 10.0 Å². The van der Waals surface area contributed by atoms with Crippen LogP contribution >= 0.6 is 34.7 Å². The van der Waals surface area contributed by atoms with Crippen molar-refractivity contribution in [3.05, 3.63) is 10.0 Å². The number of thiazole rings is 1. The number of hydrogen-bond acceptors (Lipinski definition) is 5. The van der Waals surface area contributed by atoms with Crippen molar-refractivity contribution in [2.45, 2.75) is 18.6 Å². The summed E-state index contributed by atoms with van der Waals surface area (Å²) in [7, 11) is 0. The van der Waals surface area contributed by atoms with Gasteiger partial charge in [-0.05, 0) is 13.8 Å². The molecule has 0 atom stereocenters. The number of aromatic nitrogens is 1. The minimum Gasteiger partial charge on any atom is -0.346 e. The maximum absolute atomic E-state index is 10.7. The van der Waals surface area contributed by atoms with Crippen molar-refractivity contribution in [3.63, 3.8) is 0 Å². The highest BCUT2D eigenvalue weighted by Crippen LogP contribution is 2.35. The van der Waals surface area contributed by atoms with Gasteiger partial charge >= 0.3 is 0 Å². The van der Waals surface area contributed by atoms with Crippen molar-refractivity contribution in [2.75, 3.05) is 23.7 Å². The first-order valence-electron chi connectivity index (χ1n) is 5.02. The predicted molar refractivity (Wildman–Crippen MR) is 71.3 cm³/mol. The summed E-state index contributed by atoms with van der Waals surface area (Å²) in [5.74, 6) is 1.08. The molecule has 1 aliphatic rings. The molecule has 1 saturated heterocycles. The normalized spacial score (nSPS) is 19.8. The highest BCUT2D eigenvalue weighted by Gasteiger charge is 2.29. The summed E-state index contributed by atoms with van der Waals surface area (Å²) in [6, 6.07) is 0. The number of rotatable bonds is 2. The van der Waals surface area contributed by atoms with Crippen molar-refractivity contribution in [1.29, 1.82) is 0 Å². The summed E-state index contributed by atoms with van der Waals surface area (Å²) in [5.41, 5.74) is 0. The molecule has 0 amide bonds. The molecule has 2 heterocycles. The van der Waals surface area contributed by atoms with Crippen LogP contribution in [0.15, 0.2) is 0 Å². The molecule has 1 aromatic rings. The molecule has 1 aromatic heterocycles. The number of carbonyl (C=O) groups is 1. The Labute approximate surface area is 108 Å². The van der Waals surface area contributed by atoms with Crippen LogP contribution in [0.5, 0.6) is 0 Å². The first-order valence-corrected chi connectivity index (χ1v) is 7.20. The van der Waals surface area contributed by atoms with Crippen molar-refractivity contribution in [2.24, 2.45) is 0 Å². The lowest BCUT2D eigenvalue weighted by molar-refractivity contribution is 0.112. The zero-order valence-electron chi connectivity index (χ0n) is 9.20. The fourth-order valence-corrected chi connectivity index (χ4v) is 3.89. The van der Waals surface area contributed by atoms with E-state index in [-0.39, 0.29) is 4.75 Å². The van der Waals surface area contributed by atoms with E-state index in [1.807, 2.05) is 11.8 Å². The van der Waals surface area contributed by atoms with E-state index in [0.717, 1.165) is 30.3 Å². The molecule has 0 aliphatic carbocycles. The van der Waals surface area contributed by atoms with Gasteiger partial charge in [0.2, 0.25) is 0 Å². The monoisotopic (exact) mass is 276 g/mol. The quantitative estimate of drug-likeness (QED) is 0.778. The van der Waals surface area contributed by atoms with Crippen LogP contribution in [-0.4, -0.2) is 34.9 Å². The average molecular weight is 277 g/mol. The number of thioether (sulfide) groups is 1. The Balaban J connectivity index is 2.20. The molecule has 2 rings (SSSR count).